The number of benzene rings is 2. The number of amides is 3. The van der Waals surface area contributed by atoms with Crippen molar-refractivity contribution in [3.05, 3.63) is 83.2 Å². The van der Waals surface area contributed by atoms with Crippen LogP contribution in [0.3, 0.4) is 0 Å². The van der Waals surface area contributed by atoms with Crippen molar-refractivity contribution < 1.29 is 9.59 Å². The number of aromatic nitrogens is 2. The highest BCUT2D eigenvalue weighted by atomic mass is 16.2. The molecule has 0 radical (unpaired) electrons. The van der Waals surface area contributed by atoms with Crippen LogP contribution in [0.4, 0.5) is 10.5 Å². The molecule has 1 aromatic heterocycles. The van der Waals surface area contributed by atoms with Crippen molar-refractivity contribution in [2.75, 3.05) is 19.4 Å². The molecule has 0 unspecified atom stereocenters. The van der Waals surface area contributed by atoms with Gasteiger partial charge in [0.1, 0.15) is 0 Å². The molecule has 2 N–H and O–H groups in total. The van der Waals surface area contributed by atoms with Gasteiger partial charge < -0.3 is 15.5 Å². The molecule has 0 aliphatic carbocycles. The Morgan fingerprint density at radius 1 is 1.07 bits per heavy atom. The Labute approximate surface area is 170 Å². The molecule has 0 spiro atoms. The minimum Gasteiger partial charge on any atom is -0.345 e. The lowest BCUT2D eigenvalue weighted by atomic mass is 10.1. The van der Waals surface area contributed by atoms with Crippen molar-refractivity contribution >= 4 is 17.6 Å². The van der Waals surface area contributed by atoms with Crippen LogP contribution in [0.2, 0.25) is 0 Å². The molecule has 7 heteroatoms. The van der Waals surface area contributed by atoms with Gasteiger partial charge in [0.25, 0.3) is 5.91 Å². The molecule has 0 aliphatic heterocycles. The summed E-state index contributed by atoms with van der Waals surface area (Å²) < 4.78 is 1.86. The van der Waals surface area contributed by atoms with Crippen molar-refractivity contribution in [3.8, 4) is 0 Å². The first-order chi connectivity index (χ1) is 13.9. The van der Waals surface area contributed by atoms with Crippen molar-refractivity contribution in [1.29, 1.82) is 0 Å². The normalized spacial score (nSPS) is 10.4. The van der Waals surface area contributed by atoms with Gasteiger partial charge in [0, 0.05) is 44.3 Å². The summed E-state index contributed by atoms with van der Waals surface area (Å²) in [5.74, 6) is -0.108. The van der Waals surface area contributed by atoms with Crippen molar-refractivity contribution in [1.82, 2.24) is 20.0 Å². The van der Waals surface area contributed by atoms with Crippen molar-refractivity contribution in [3.63, 3.8) is 0 Å². The summed E-state index contributed by atoms with van der Waals surface area (Å²) in [6.07, 6.45) is 3.67. The number of nitrogens with one attached hydrogen (secondary N) is 2. The van der Waals surface area contributed by atoms with Gasteiger partial charge in [0.2, 0.25) is 0 Å². The molecule has 0 fully saturated rings. The van der Waals surface area contributed by atoms with E-state index in [-0.39, 0.29) is 11.9 Å². The van der Waals surface area contributed by atoms with Crippen LogP contribution in [0.25, 0.3) is 0 Å². The minimum atomic E-state index is -0.317. The average Bonchev–Trinajstić information content (AvgIpc) is 3.21. The molecule has 3 amide bonds. The van der Waals surface area contributed by atoms with E-state index in [9.17, 15) is 9.59 Å². The number of aryl methyl sites for hydroxylation is 1. The van der Waals surface area contributed by atoms with Crippen LogP contribution in [0, 0.1) is 6.92 Å². The molecule has 2 aromatic carbocycles. The fourth-order valence-electron chi connectivity index (χ4n) is 2.84. The highest BCUT2D eigenvalue weighted by molar-refractivity contribution is 5.97. The summed E-state index contributed by atoms with van der Waals surface area (Å²) in [5.41, 5.74) is 4.17. The Morgan fingerprint density at radius 3 is 2.45 bits per heavy atom. The summed E-state index contributed by atoms with van der Waals surface area (Å²) in [6, 6.07) is 14.9. The van der Waals surface area contributed by atoms with Gasteiger partial charge in [-0.25, -0.2) is 4.79 Å². The van der Waals surface area contributed by atoms with Gasteiger partial charge in [0.05, 0.1) is 6.54 Å². The van der Waals surface area contributed by atoms with E-state index in [0.717, 1.165) is 16.7 Å². The Morgan fingerprint density at radius 2 is 1.79 bits per heavy atom. The molecule has 3 rings (SSSR count). The number of hydrogen-bond acceptors (Lipinski definition) is 3. The standard InChI is InChI=1S/C22H25N5O2/c1-16-5-10-19(21(28)26(2)3)13-20(16)25-22(29)23-14-17-6-8-18(9-7-17)15-27-12-4-11-24-27/h4-13H,14-15H2,1-3H3,(H2,23,25,29). The van der Waals surface area contributed by atoms with Gasteiger partial charge in [-0.05, 0) is 41.8 Å². The second-order valence-corrected chi connectivity index (χ2v) is 7.06. The van der Waals surface area contributed by atoms with E-state index in [2.05, 4.69) is 15.7 Å². The highest BCUT2D eigenvalue weighted by Crippen LogP contribution is 2.18. The number of nitrogens with zero attached hydrogens (tertiary/aromatic N) is 3. The summed E-state index contributed by atoms with van der Waals surface area (Å²) >= 11 is 0. The lowest BCUT2D eigenvalue weighted by Crippen LogP contribution is -2.29. The van der Waals surface area contributed by atoms with E-state index in [0.29, 0.717) is 24.3 Å². The van der Waals surface area contributed by atoms with Gasteiger partial charge in [-0.3, -0.25) is 9.48 Å². The predicted octanol–water partition coefficient (Wildman–Crippen LogP) is 3.26. The summed E-state index contributed by atoms with van der Waals surface area (Å²) in [4.78, 5) is 25.9. The smallest absolute Gasteiger partial charge is 0.319 e. The monoisotopic (exact) mass is 391 g/mol. The molecule has 1 heterocycles. The first kappa shape index (κ1) is 20.1. The summed E-state index contributed by atoms with van der Waals surface area (Å²) in [7, 11) is 3.39. The Hall–Kier alpha value is -3.61. The first-order valence-corrected chi connectivity index (χ1v) is 9.35. The quantitative estimate of drug-likeness (QED) is 0.677. The fraction of sp³-hybridized carbons (Fsp3) is 0.227. The lowest BCUT2D eigenvalue weighted by molar-refractivity contribution is 0.0827. The van der Waals surface area contributed by atoms with Crippen molar-refractivity contribution in [2.45, 2.75) is 20.0 Å². The molecule has 0 aliphatic rings. The number of rotatable bonds is 6. The van der Waals surface area contributed by atoms with E-state index in [1.807, 2.05) is 54.2 Å². The molecule has 0 atom stereocenters. The zero-order valence-corrected chi connectivity index (χ0v) is 16.8. The first-order valence-electron chi connectivity index (χ1n) is 9.35. The molecule has 3 aromatic rings. The van der Waals surface area contributed by atoms with Crippen LogP contribution in [-0.2, 0) is 13.1 Å². The molecule has 0 saturated carbocycles. The van der Waals surface area contributed by atoms with Gasteiger partial charge in [-0.2, -0.15) is 5.10 Å². The zero-order chi connectivity index (χ0) is 20.8. The lowest BCUT2D eigenvalue weighted by Gasteiger charge is -2.14. The van der Waals surface area contributed by atoms with Crippen molar-refractivity contribution in [2.24, 2.45) is 0 Å². The van der Waals surface area contributed by atoms with E-state index >= 15 is 0 Å². The maximum absolute atomic E-state index is 12.3. The summed E-state index contributed by atoms with van der Waals surface area (Å²) in [6.45, 7) is 3.00. The molecular weight excluding hydrogens is 366 g/mol. The van der Waals surface area contributed by atoms with E-state index < -0.39 is 0 Å². The molecule has 7 nitrogen and oxygen atoms in total. The van der Waals surface area contributed by atoms with Crippen LogP contribution in [-0.4, -0.2) is 40.7 Å². The number of urea groups is 1. The van der Waals surface area contributed by atoms with Gasteiger partial charge in [0.15, 0.2) is 0 Å². The minimum absolute atomic E-state index is 0.108. The van der Waals surface area contributed by atoms with Crippen LogP contribution >= 0.6 is 0 Å². The molecular formula is C22H25N5O2. The number of carbonyl (C=O) groups excluding carboxylic acids is 2. The number of hydrogen-bond donors (Lipinski definition) is 2. The molecule has 0 saturated heterocycles. The maximum Gasteiger partial charge on any atom is 0.319 e. The molecule has 150 valence electrons. The second-order valence-electron chi connectivity index (χ2n) is 7.06. The molecule has 29 heavy (non-hydrogen) atoms. The zero-order valence-electron chi connectivity index (χ0n) is 16.8. The Kier molecular flexibility index (Phi) is 6.29. The van der Waals surface area contributed by atoms with Crippen LogP contribution in [0.5, 0.6) is 0 Å². The third-order valence-electron chi connectivity index (χ3n) is 4.52. The topological polar surface area (TPSA) is 79.3 Å². The van der Waals surface area contributed by atoms with Gasteiger partial charge in [-0.15, -0.1) is 0 Å². The number of anilines is 1. The predicted molar refractivity (Wildman–Crippen MR) is 113 cm³/mol. The second kappa shape index (κ2) is 9.05. The highest BCUT2D eigenvalue weighted by Gasteiger charge is 2.11. The fourth-order valence-corrected chi connectivity index (χ4v) is 2.84. The van der Waals surface area contributed by atoms with E-state index in [1.54, 1.807) is 32.4 Å². The van der Waals surface area contributed by atoms with Crippen LogP contribution in [0.15, 0.2) is 60.9 Å². The van der Waals surface area contributed by atoms with E-state index in [1.165, 1.54) is 4.90 Å². The van der Waals surface area contributed by atoms with Crippen LogP contribution < -0.4 is 10.6 Å². The van der Waals surface area contributed by atoms with Gasteiger partial charge in [-0.1, -0.05) is 30.3 Å². The summed E-state index contributed by atoms with van der Waals surface area (Å²) in [5, 5.41) is 9.87. The number of carbonyl (C=O) groups is 2. The Balaban J connectivity index is 1.56. The van der Waals surface area contributed by atoms with E-state index in [4.69, 9.17) is 0 Å². The maximum atomic E-state index is 12.3. The molecule has 0 bridgehead atoms. The third kappa shape index (κ3) is 5.44. The SMILES string of the molecule is Cc1ccc(C(=O)N(C)C)cc1NC(=O)NCc1ccc(Cn2cccn2)cc1. The average molecular weight is 391 g/mol. The third-order valence-corrected chi connectivity index (χ3v) is 4.52. The Bertz CT molecular complexity index is 979. The van der Waals surface area contributed by atoms with Crippen LogP contribution in [0.1, 0.15) is 27.0 Å². The van der Waals surface area contributed by atoms with Gasteiger partial charge >= 0.3 is 6.03 Å². The largest absolute Gasteiger partial charge is 0.345 e.